The van der Waals surface area contributed by atoms with E-state index in [0.29, 0.717) is 10.6 Å². The maximum atomic E-state index is 13.0. The third kappa shape index (κ3) is 2.78. The Morgan fingerprint density at radius 1 is 1.48 bits per heavy atom. The molecule has 0 spiro atoms. The maximum absolute atomic E-state index is 13.0. The Morgan fingerprint density at radius 3 is 2.62 bits per heavy atom. The third-order valence-corrected chi connectivity index (χ3v) is 8.99. The highest BCUT2D eigenvalue weighted by molar-refractivity contribution is 9.11. The number of rotatable bonds is 4. The van der Waals surface area contributed by atoms with Gasteiger partial charge in [-0.15, -0.1) is 23.1 Å². The van der Waals surface area contributed by atoms with E-state index in [1.54, 1.807) is 13.0 Å². The summed E-state index contributed by atoms with van der Waals surface area (Å²) in [5.74, 6) is -0.460. The van der Waals surface area contributed by atoms with E-state index in [4.69, 9.17) is 0 Å². The molecule has 1 saturated heterocycles. The van der Waals surface area contributed by atoms with Crippen LogP contribution < -0.4 is 0 Å². The molecule has 0 radical (unpaired) electrons. The smallest absolute Gasteiger partial charge is 0.322 e. The molecule has 2 atom stereocenters. The van der Waals surface area contributed by atoms with E-state index in [1.807, 2.05) is 0 Å². The van der Waals surface area contributed by atoms with Crippen LogP contribution in [-0.2, 0) is 14.8 Å². The molecule has 0 aromatic carbocycles. The number of aliphatic carboxylic acids is 1. The van der Waals surface area contributed by atoms with Gasteiger partial charge in [0.05, 0.1) is 14.1 Å². The summed E-state index contributed by atoms with van der Waals surface area (Å²) in [4.78, 5) is 12.3. The highest BCUT2D eigenvalue weighted by atomic mass is 79.9. The van der Waals surface area contributed by atoms with Gasteiger partial charge in [0.25, 0.3) is 0 Å². The highest BCUT2D eigenvalue weighted by Gasteiger charge is 2.51. The molecule has 2 fully saturated rings. The average molecular weight is 412 g/mol. The molecule has 3 rings (SSSR count). The van der Waals surface area contributed by atoms with Crippen molar-refractivity contribution in [1.29, 1.82) is 0 Å². The molecule has 2 unspecified atom stereocenters. The molecular weight excluding hydrogens is 398 g/mol. The van der Waals surface area contributed by atoms with Crippen LogP contribution in [0.1, 0.15) is 17.7 Å². The normalized spacial score (nSPS) is 27.1. The zero-order chi connectivity index (χ0) is 15.4. The molecule has 1 aromatic heterocycles. The van der Waals surface area contributed by atoms with Crippen LogP contribution in [-0.4, -0.2) is 41.0 Å². The number of hydrogen-bond donors (Lipinski definition) is 1. The lowest BCUT2D eigenvalue weighted by atomic mass is 10.3. The number of halogens is 1. The van der Waals surface area contributed by atoms with Gasteiger partial charge in [0.1, 0.15) is 6.04 Å². The van der Waals surface area contributed by atoms with Gasteiger partial charge in [-0.2, -0.15) is 4.31 Å². The molecule has 1 aromatic rings. The predicted octanol–water partition coefficient (Wildman–Crippen LogP) is 2.75. The van der Waals surface area contributed by atoms with Crippen molar-refractivity contribution in [3.8, 4) is 0 Å². The van der Waals surface area contributed by atoms with Gasteiger partial charge in [-0.1, -0.05) is 0 Å². The Balaban J connectivity index is 2.04. The van der Waals surface area contributed by atoms with Gasteiger partial charge in [0.2, 0.25) is 10.0 Å². The van der Waals surface area contributed by atoms with Crippen molar-refractivity contribution < 1.29 is 18.3 Å². The van der Waals surface area contributed by atoms with Gasteiger partial charge in [0.15, 0.2) is 0 Å². The van der Waals surface area contributed by atoms with Crippen LogP contribution >= 0.6 is 39.0 Å². The van der Waals surface area contributed by atoms with E-state index in [2.05, 4.69) is 15.9 Å². The van der Waals surface area contributed by atoms with Crippen molar-refractivity contribution >= 4 is 55.0 Å². The predicted molar refractivity (Wildman–Crippen MR) is 86.2 cm³/mol. The van der Waals surface area contributed by atoms with E-state index in [0.717, 1.165) is 16.6 Å². The monoisotopic (exact) mass is 411 g/mol. The summed E-state index contributed by atoms with van der Waals surface area (Å²) in [7, 11) is -3.78. The summed E-state index contributed by atoms with van der Waals surface area (Å²) < 4.78 is 27.9. The first-order valence-electron chi connectivity index (χ1n) is 6.46. The van der Waals surface area contributed by atoms with Gasteiger partial charge in [-0.3, -0.25) is 4.79 Å². The van der Waals surface area contributed by atoms with Crippen LogP contribution in [0.25, 0.3) is 0 Å². The SMILES string of the molecule is Cc1sc(Br)cc1S(=O)(=O)N1C(C(=O)O)CSC1C1CC1. The van der Waals surface area contributed by atoms with Crippen LogP contribution in [0.2, 0.25) is 0 Å². The molecule has 1 aliphatic carbocycles. The molecule has 116 valence electrons. The minimum absolute atomic E-state index is 0.221. The molecule has 1 saturated carbocycles. The molecule has 1 aliphatic heterocycles. The Morgan fingerprint density at radius 2 is 2.14 bits per heavy atom. The second kappa shape index (κ2) is 5.52. The zero-order valence-corrected chi connectivity index (χ0v) is 15.2. The number of sulfonamides is 1. The average Bonchev–Trinajstić information content (AvgIpc) is 3.02. The molecular formula is C12H14BrNO4S3. The molecule has 21 heavy (non-hydrogen) atoms. The van der Waals surface area contributed by atoms with Crippen LogP contribution in [0.3, 0.4) is 0 Å². The fourth-order valence-electron chi connectivity index (χ4n) is 2.52. The molecule has 2 aliphatic rings. The minimum atomic E-state index is -3.78. The van der Waals surface area contributed by atoms with Gasteiger partial charge >= 0.3 is 5.97 Å². The standard InChI is InChI=1S/C12H14BrNO4S3/c1-6-9(4-10(13)20-6)21(17,18)14-8(12(15)16)5-19-11(14)7-2-3-7/h4,7-8,11H,2-3,5H2,1H3,(H,15,16). The number of nitrogens with zero attached hydrogens (tertiary/aromatic N) is 1. The van der Waals surface area contributed by atoms with Crippen LogP contribution in [0.15, 0.2) is 14.7 Å². The van der Waals surface area contributed by atoms with E-state index in [9.17, 15) is 18.3 Å². The van der Waals surface area contributed by atoms with Crippen LogP contribution in [0.5, 0.6) is 0 Å². The van der Waals surface area contributed by atoms with Crippen LogP contribution in [0, 0.1) is 12.8 Å². The first-order valence-corrected chi connectivity index (χ1v) is 10.6. The summed E-state index contributed by atoms with van der Waals surface area (Å²) in [5.41, 5.74) is 0. The van der Waals surface area contributed by atoms with Gasteiger partial charge in [-0.05, 0) is 47.7 Å². The lowest BCUT2D eigenvalue weighted by Crippen LogP contribution is -2.46. The summed E-state index contributed by atoms with van der Waals surface area (Å²) in [6.45, 7) is 1.74. The van der Waals surface area contributed by atoms with Gasteiger partial charge in [0, 0.05) is 10.6 Å². The fraction of sp³-hybridized carbons (Fsp3) is 0.583. The number of thiophene rings is 1. The van der Waals surface area contributed by atoms with Crippen molar-refractivity contribution in [2.45, 2.75) is 36.1 Å². The van der Waals surface area contributed by atoms with E-state index in [1.165, 1.54) is 27.4 Å². The first kappa shape index (κ1) is 15.8. The largest absolute Gasteiger partial charge is 0.480 e. The number of carboxylic acid groups (broad SMARTS) is 1. The van der Waals surface area contributed by atoms with Crippen molar-refractivity contribution in [1.82, 2.24) is 4.31 Å². The number of aryl methyl sites for hydroxylation is 1. The summed E-state index contributed by atoms with van der Waals surface area (Å²) in [6.07, 6.45) is 1.95. The number of carboxylic acids is 1. The number of hydrogen-bond acceptors (Lipinski definition) is 5. The topological polar surface area (TPSA) is 74.7 Å². The van der Waals surface area contributed by atoms with Crippen molar-refractivity contribution in [2.24, 2.45) is 5.92 Å². The minimum Gasteiger partial charge on any atom is -0.480 e. The summed E-state index contributed by atoms with van der Waals surface area (Å²) >= 11 is 6.09. The number of carbonyl (C=O) groups is 1. The number of thioether (sulfide) groups is 1. The van der Waals surface area contributed by atoms with Crippen molar-refractivity contribution in [2.75, 3.05) is 5.75 Å². The van der Waals surface area contributed by atoms with Crippen LogP contribution in [0.4, 0.5) is 0 Å². The first-order chi connectivity index (χ1) is 9.82. The summed E-state index contributed by atoms with van der Waals surface area (Å²) in [5, 5.41) is 9.12. The van der Waals surface area contributed by atoms with Gasteiger partial charge in [-0.25, -0.2) is 8.42 Å². The maximum Gasteiger partial charge on any atom is 0.322 e. The molecule has 9 heteroatoms. The molecule has 1 N–H and O–H groups in total. The highest BCUT2D eigenvalue weighted by Crippen LogP contribution is 2.48. The Bertz CT molecular complexity index is 683. The van der Waals surface area contributed by atoms with Gasteiger partial charge < -0.3 is 5.11 Å². The lowest BCUT2D eigenvalue weighted by Gasteiger charge is -2.26. The third-order valence-electron chi connectivity index (χ3n) is 3.69. The quantitative estimate of drug-likeness (QED) is 0.823. The molecule has 2 heterocycles. The molecule has 0 amide bonds. The summed E-state index contributed by atoms with van der Waals surface area (Å²) in [6, 6.07) is 0.602. The van der Waals surface area contributed by atoms with Crippen molar-refractivity contribution in [3.05, 3.63) is 14.7 Å². The Hall–Kier alpha value is -0.0900. The molecule has 0 bridgehead atoms. The fourth-order valence-corrected chi connectivity index (χ4v) is 8.72. The van der Waals surface area contributed by atoms with E-state index >= 15 is 0 Å². The Kier molecular flexibility index (Phi) is 4.15. The Labute approximate surface area is 139 Å². The zero-order valence-electron chi connectivity index (χ0n) is 11.2. The van der Waals surface area contributed by atoms with Crippen molar-refractivity contribution in [3.63, 3.8) is 0 Å². The van der Waals surface area contributed by atoms with E-state index in [-0.39, 0.29) is 16.2 Å². The second-order valence-electron chi connectivity index (χ2n) is 5.22. The van der Waals surface area contributed by atoms with E-state index < -0.39 is 22.0 Å². The molecule has 5 nitrogen and oxygen atoms in total. The second-order valence-corrected chi connectivity index (χ2v) is 10.8. The lowest BCUT2D eigenvalue weighted by molar-refractivity contribution is -0.140.